The van der Waals surface area contributed by atoms with Gasteiger partial charge in [-0.15, -0.1) is 0 Å². The molecule has 0 unspecified atom stereocenters. The average Bonchev–Trinajstić information content (AvgIpc) is 2.66. The molecule has 0 aromatic heterocycles. The summed E-state index contributed by atoms with van der Waals surface area (Å²) >= 11 is 0. The molecule has 7 nitrogen and oxygen atoms in total. The third-order valence-corrected chi connectivity index (χ3v) is 4.80. The van der Waals surface area contributed by atoms with Crippen LogP contribution in [0.2, 0.25) is 0 Å². The smallest absolute Gasteiger partial charge is 0.338 e. The fourth-order valence-corrected chi connectivity index (χ4v) is 3.03. The van der Waals surface area contributed by atoms with Crippen LogP contribution in [0.25, 0.3) is 0 Å². The van der Waals surface area contributed by atoms with E-state index in [0.29, 0.717) is 5.75 Å². The van der Waals surface area contributed by atoms with Gasteiger partial charge in [0.15, 0.2) is 0 Å². The summed E-state index contributed by atoms with van der Waals surface area (Å²) in [5.41, 5.74) is 0.188. The van der Waals surface area contributed by atoms with Crippen molar-refractivity contribution in [2.24, 2.45) is 0 Å². The van der Waals surface area contributed by atoms with Crippen molar-refractivity contribution in [3.63, 3.8) is 0 Å². The molecular formula is C18H17FN2O5S. The molecule has 2 aromatic carbocycles. The molecule has 9 heteroatoms. The number of nitrogens with zero attached hydrogens (tertiary/aromatic N) is 1. The van der Waals surface area contributed by atoms with Gasteiger partial charge in [-0.3, -0.25) is 0 Å². The van der Waals surface area contributed by atoms with Crippen LogP contribution in [-0.2, 0) is 14.8 Å². The number of rotatable bonds is 9. The second-order valence-electron chi connectivity index (χ2n) is 5.27. The number of benzene rings is 2. The van der Waals surface area contributed by atoms with Crippen molar-refractivity contribution in [2.75, 3.05) is 19.8 Å². The molecule has 142 valence electrons. The van der Waals surface area contributed by atoms with Crippen molar-refractivity contribution in [3.8, 4) is 11.8 Å². The van der Waals surface area contributed by atoms with E-state index < -0.39 is 16.0 Å². The minimum Gasteiger partial charge on any atom is -0.490 e. The maximum absolute atomic E-state index is 12.8. The lowest BCUT2D eigenvalue weighted by Gasteiger charge is -2.08. The molecule has 0 spiro atoms. The van der Waals surface area contributed by atoms with E-state index in [1.807, 2.05) is 6.07 Å². The molecule has 1 N–H and O–H groups in total. The van der Waals surface area contributed by atoms with Crippen LogP contribution in [0, 0.1) is 17.1 Å². The fraction of sp³-hybridized carbons (Fsp3) is 0.222. The molecule has 0 amide bonds. The van der Waals surface area contributed by atoms with E-state index in [9.17, 15) is 17.6 Å². The van der Waals surface area contributed by atoms with Crippen LogP contribution in [0.4, 0.5) is 4.39 Å². The van der Waals surface area contributed by atoms with Crippen LogP contribution >= 0.6 is 0 Å². The first-order chi connectivity index (χ1) is 12.9. The van der Waals surface area contributed by atoms with Crippen molar-refractivity contribution in [1.82, 2.24) is 4.72 Å². The lowest BCUT2D eigenvalue weighted by atomic mass is 10.2. The van der Waals surface area contributed by atoms with Crippen LogP contribution < -0.4 is 9.46 Å². The van der Waals surface area contributed by atoms with Crippen LogP contribution in [0.5, 0.6) is 5.75 Å². The Bertz CT molecular complexity index is 906. The number of ether oxygens (including phenoxy) is 2. The Labute approximate surface area is 156 Å². The van der Waals surface area contributed by atoms with E-state index in [4.69, 9.17) is 14.7 Å². The van der Waals surface area contributed by atoms with Crippen molar-refractivity contribution in [1.29, 1.82) is 5.26 Å². The van der Waals surface area contributed by atoms with Crippen molar-refractivity contribution < 1.29 is 27.1 Å². The molecule has 0 atom stereocenters. The normalized spacial score (nSPS) is 10.8. The summed E-state index contributed by atoms with van der Waals surface area (Å²) in [7, 11) is -3.73. The van der Waals surface area contributed by atoms with E-state index in [1.165, 1.54) is 48.5 Å². The average molecular weight is 392 g/mol. The molecule has 0 radical (unpaired) electrons. The van der Waals surface area contributed by atoms with Gasteiger partial charge in [0.05, 0.1) is 16.5 Å². The van der Waals surface area contributed by atoms with Crippen molar-refractivity contribution in [2.45, 2.75) is 11.3 Å². The van der Waals surface area contributed by atoms with E-state index in [2.05, 4.69) is 4.72 Å². The van der Waals surface area contributed by atoms with Crippen LogP contribution in [0.1, 0.15) is 16.8 Å². The number of nitrogens with one attached hydrogen (secondary N) is 1. The third-order valence-electron chi connectivity index (χ3n) is 3.33. The van der Waals surface area contributed by atoms with Gasteiger partial charge in [0.25, 0.3) is 0 Å². The predicted molar refractivity (Wildman–Crippen MR) is 94.0 cm³/mol. The van der Waals surface area contributed by atoms with E-state index in [0.717, 1.165) is 0 Å². The molecular weight excluding hydrogens is 375 g/mol. The minimum atomic E-state index is -3.73. The molecule has 0 fully saturated rings. The number of hydrogen-bond donors (Lipinski definition) is 1. The highest BCUT2D eigenvalue weighted by molar-refractivity contribution is 7.89. The summed E-state index contributed by atoms with van der Waals surface area (Å²) in [4.78, 5) is 11.9. The van der Waals surface area contributed by atoms with Crippen LogP contribution in [-0.4, -0.2) is 34.1 Å². The second-order valence-corrected chi connectivity index (χ2v) is 7.04. The van der Waals surface area contributed by atoms with Gasteiger partial charge >= 0.3 is 5.97 Å². The maximum atomic E-state index is 12.8. The number of halogens is 1. The molecule has 27 heavy (non-hydrogen) atoms. The van der Waals surface area contributed by atoms with Gasteiger partial charge in [0.2, 0.25) is 10.0 Å². The highest BCUT2D eigenvalue weighted by Crippen LogP contribution is 2.12. The van der Waals surface area contributed by atoms with Gasteiger partial charge < -0.3 is 9.47 Å². The third kappa shape index (κ3) is 6.36. The Morgan fingerprint density at radius 2 is 1.74 bits per heavy atom. The fourth-order valence-electron chi connectivity index (χ4n) is 2.00. The summed E-state index contributed by atoms with van der Waals surface area (Å²) in [6.07, 6.45) is 0.0592. The Kier molecular flexibility index (Phi) is 7.28. The van der Waals surface area contributed by atoms with Crippen LogP contribution in [0.3, 0.4) is 0 Å². The number of nitriles is 1. The lowest BCUT2D eigenvalue weighted by molar-refractivity contribution is 0.0450. The highest BCUT2D eigenvalue weighted by atomic mass is 32.2. The number of carbonyl (C=O) groups is 1. The number of sulfonamides is 1. The van der Waals surface area contributed by atoms with Gasteiger partial charge in [-0.05, 0) is 48.5 Å². The zero-order chi connectivity index (χ0) is 19.7. The zero-order valence-corrected chi connectivity index (χ0v) is 15.0. The zero-order valence-electron chi connectivity index (χ0n) is 14.2. The Morgan fingerprint density at radius 1 is 1.07 bits per heavy atom. The van der Waals surface area contributed by atoms with Crippen LogP contribution in [0.15, 0.2) is 53.4 Å². The first-order valence-corrected chi connectivity index (χ1v) is 9.43. The molecule has 2 aromatic rings. The first-order valence-electron chi connectivity index (χ1n) is 7.94. The van der Waals surface area contributed by atoms with Gasteiger partial charge in [-0.2, -0.15) is 5.26 Å². The Morgan fingerprint density at radius 3 is 2.37 bits per heavy atom. The maximum Gasteiger partial charge on any atom is 0.338 e. The van der Waals surface area contributed by atoms with Gasteiger partial charge in [-0.25, -0.2) is 22.3 Å². The standard InChI is InChI=1S/C18H17FN2O5S/c19-15-4-6-16(7-5-15)25-12-13-26-18(22)14-2-8-17(9-3-14)27(23,24)21-11-1-10-20/h2-9,21H,1,11-13H2. The van der Waals surface area contributed by atoms with Gasteiger partial charge in [0, 0.05) is 13.0 Å². The predicted octanol–water partition coefficient (Wildman–Crippen LogP) is 2.25. The SMILES string of the molecule is N#CCCNS(=O)(=O)c1ccc(C(=O)OCCOc2ccc(F)cc2)cc1. The van der Waals surface area contributed by atoms with Crippen molar-refractivity contribution >= 4 is 16.0 Å². The first kappa shape index (κ1) is 20.4. The van der Waals surface area contributed by atoms with Crippen molar-refractivity contribution in [3.05, 3.63) is 59.9 Å². The topological polar surface area (TPSA) is 105 Å². The highest BCUT2D eigenvalue weighted by Gasteiger charge is 2.15. The molecule has 0 saturated heterocycles. The van der Waals surface area contributed by atoms with Gasteiger partial charge in [0.1, 0.15) is 24.8 Å². The second kappa shape index (κ2) is 9.66. The Balaban J connectivity index is 1.82. The molecule has 0 bridgehead atoms. The number of carbonyl (C=O) groups excluding carboxylic acids is 1. The molecule has 0 saturated carbocycles. The summed E-state index contributed by atoms with van der Waals surface area (Å²) in [5.74, 6) is -0.551. The molecule has 0 aliphatic rings. The molecule has 0 heterocycles. The molecule has 0 aliphatic carbocycles. The summed E-state index contributed by atoms with van der Waals surface area (Å²) in [6, 6.07) is 12.5. The summed E-state index contributed by atoms with van der Waals surface area (Å²) in [5, 5.41) is 8.44. The lowest BCUT2D eigenvalue weighted by Crippen LogP contribution is -2.24. The largest absolute Gasteiger partial charge is 0.490 e. The molecule has 2 rings (SSSR count). The molecule has 0 aliphatic heterocycles. The summed E-state index contributed by atoms with van der Waals surface area (Å²) in [6.45, 7) is 0.0787. The monoisotopic (exact) mass is 392 g/mol. The van der Waals surface area contributed by atoms with E-state index in [1.54, 1.807) is 0 Å². The number of esters is 1. The van der Waals surface area contributed by atoms with Gasteiger partial charge in [-0.1, -0.05) is 0 Å². The number of hydrogen-bond acceptors (Lipinski definition) is 6. The minimum absolute atomic E-state index is 0.0106. The Hall–Kier alpha value is -2.96. The summed E-state index contributed by atoms with van der Waals surface area (Å²) < 4.78 is 49.3. The van der Waals surface area contributed by atoms with E-state index >= 15 is 0 Å². The van der Waals surface area contributed by atoms with E-state index in [-0.39, 0.29) is 42.5 Å². The quantitative estimate of drug-likeness (QED) is 0.518.